The number of fused-ring (bicyclic) bond motifs is 1. The summed E-state index contributed by atoms with van der Waals surface area (Å²) >= 11 is 0. The molecule has 0 fully saturated rings. The number of hydrogen-bond donors (Lipinski definition) is 3. The fourth-order valence-corrected chi connectivity index (χ4v) is 3.60. The second-order valence-corrected chi connectivity index (χ2v) is 7.46. The van der Waals surface area contributed by atoms with E-state index in [4.69, 9.17) is 0 Å². The maximum Gasteiger partial charge on any atom is 0.228 e. The number of nitrogens with zero attached hydrogens (tertiary/aromatic N) is 3. The van der Waals surface area contributed by atoms with E-state index in [1.54, 1.807) is 0 Å². The van der Waals surface area contributed by atoms with Crippen LogP contribution in [0.5, 0.6) is 0 Å². The minimum Gasteiger partial charge on any atom is -0.354 e. The van der Waals surface area contributed by atoms with E-state index in [0.29, 0.717) is 12.4 Å². The molecule has 158 valence electrons. The molecule has 4 aromatic rings. The zero-order valence-corrected chi connectivity index (χ0v) is 17.9. The Morgan fingerprint density at radius 3 is 2.55 bits per heavy atom. The summed E-state index contributed by atoms with van der Waals surface area (Å²) in [7, 11) is 2.00. The van der Waals surface area contributed by atoms with Crippen LogP contribution in [-0.2, 0) is 18.3 Å². The van der Waals surface area contributed by atoms with Crippen LogP contribution in [0, 0.1) is 6.92 Å². The lowest BCUT2D eigenvalue weighted by atomic mass is 10.1. The smallest absolute Gasteiger partial charge is 0.228 e. The van der Waals surface area contributed by atoms with Gasteiger partial charge in [-0.1, -0.05) is 18.2 Å². The van der Waals surface area contributed by atoms with E-state index in [0.717, 1.165) is 45.9 Å². The lowest BCUT2D eigenvalue weighted by Gasteiger charge is -2.10. The van der Waals surface area contributed by atoms with E-state index < -0.39 is 0 Å². The molecule has 0 aliphatic heterocycles. The second kappa shape index (κ2) is 8.87. The number of nitrogens with one attached hydrogen (secondary N) is 3. The number of hydrogen-bond acceptors (Lipinski definition) is 5. The Balaban J connectivity index is 1.41. The number of aryl methyl sites for hydroxylation is 2. The van der Waals surface area contributed by atoms with Crippen LogP contribution in [0.1, 0.15) is 18.2 Å². The van der Waals surface area contributed by atoms with E-state index in [9.17, 15) is 4.79 Å². The highest BCUT2D eigenvalue weighted by molar-refractivity contribution is 5.96. The molecule has 2 aromatic heterocycles. The molecule has 0 unspecified atom stereocenters. The minimum atomic E-state index is -0.0428. The Kier molecular flexibility index (Phi) is 5.84. The predicted molar refractivity (Wildman–Crippen MR) is 126 cm³/mol. The van der Waals surface area contributed by atoms with Crippen molar-refractivity contribution in [2.45, 2.75) is 20.3 Å². The van der Waals surface area contributed by atoms with Gasteiger partial charge in [0.15, 0.2) is 0 Å². The zero-order chi connectivity index (χ0) is 21.8. The van der Waals surface area contributed by atoms with Gasteiger partial charge in [0, 0.05) is 53.8 Å². The van der Waals surface area contributed by atoms with Crippen LogP contribution in [0.25, 0.3) is 10.9 Å². The lowest BCUT2D eigenvalue weighted by molar-refractivity contribution is -0.115. The third kappa shape index (κ3) is 4.83. The highest BCUT2D eigenvalue weighted by Crippen LogP contribution is 2.22. The molecular formula is C24H26N6O. The molecule has 7 nitrogen and oxygen atoms in total. The Morgan fingerprint density at radius 1 is 1.03 bits per heavy atom. The normalized spacial score (nSPS) is 10.8. The van der Waals surface area contributed by atoms with E-state index in [-0.39, 0.29) is 5.91 Å². The molecule has 4 rings (SSSR count). The molecular weight excluding hydrogens is 388 g/mol. The fraction of sp³-hybridized carbons (Fsp3) is 0.208. The van der Waals surface area contributed by atoms with Crippen LogP contribution < -0.4 is 16.0 Å². The Labute approximate surface area is 181 Å². The van der Waals surface area contributed by atoms with Gasteiger partial charge in [0.05, 0.1) is 6.42 Å². The highest BCUT2D eigenvalue weighted by Gasteiger charge is 2.11. The van der Waals surface area contributed by atoms with Crippen LogP contribution in [-0.4, -0.2) is 27.0 Å². The van der Waals surface area contributed by atoms with Gasteiger partial charge in [-0.25, -0.2) is 4.98 Å². The van der Waals surface area contributed by atoms with Crippen LogP contribution >= 0.6 is 0 Å². The summed E-state index contributed by atoms with van der Waals surface area (Å²) < 4.78 is 2.05. The first-order chi connectivity index (χ1) is 15.0. The molecule has 2 heterocycles. The SMILES string of the molecule is CCNc1nc(C)cc(Nc2ccc(NC(=O)Cc3cn(C)c4ccccc34)cc2)n1. The van der Waals surface area contributed by atoms with Crippen LogP contribution in [0.2, 0.25) is 0 Å². The van der Waals surface area contributed by atoms with Gasteiger partial charge in [-0.3, -0.25) is 4.79 Å². The first kappa shape index (κ1) is 20.4. The van der Waals surface area contributed by atoms with Crippen molar-refractivity contribution in [3.8, 4) is 0 Å². The summed E-state index contributed by atoms with van der Waals surface area (Å²) in [6.07, 6.45) is 2.34. The summed E-state index contributed by atoms with van der Waals surface area (Å²) in [6, 6.07) is 17.6. The van der Waals surface area contributed by atoms with Gasteiger partial charge in [-0.05, 0) is 49.7 Å². The maximum absolute atomic E-state index is 12.6. The van der Waals surface area contributed by atoms with Gasteiger partial charge in [0.2, 0.25) is 11.9 Å². The van der Waals surface area contributed by atoms with E-state index in [2.05, 4.69) is 42.6 Å². The van der Waals surface area contributed by atoms with Gasteiger partial charge in [-0.15, -0.1) is 0 Å². The van der Waals surface area contributed by atoms with Crippen molar-refractivity contribution >= 4 is 40.0 Å². The summed E-state index contributed by atoms with van der Waals surface area (Å²) in [5, 5.41) is 10.5. The van der Waals surface area contributed by atoms with Gasteiger partial charge in [0.25, 0.3) is 0 Å². The largest absolute Gasteiger partial charge is 0.354 e. The summed E-state index contributed by atoms with van der Waals surface area (Å²) in [5.41, 5.74) is 4.66. The molecule has 1 amide bonds. The molecule has 3 N–H and O–H groups in total. The number of aromatic nitrogens is 3. The van der Waals surface area contributed by atoms with Gasteiger partial charge < -0.3 is 20.5 Å². The fourth-order valence-electron chi connectivity index (χ4n) is 3.60. The Bertz CT molecular complexity index is 1210. The minimum absolute atomic E-state index is 0.0428. The first-order valence-corrected chi connectivity index (χ1v) is 10.3. The van der Waals surface area contributed by atoms with Crippen molar-refractivity contribution in [2.75, 3.05) is 22.5 Å². The van der Waals surface area contributed by atoms with Crippen molar-refractivity contribution in [2.24, 2.45) is 7.05 Å². The van der Waals surface area contributed by atoms with E-state index in [1.807, 2.05) is 69.6 Å². The van der Waals surface area contributed by atoms with Crippen molar-refractivity contribution < 1.29 is 4.79 Å². The standard InChI is InChI=1S/C24H26N6O/c1-4-25-24-26-16(2)13-22(29-24)27-18-9-11-19(12-10-18)28-23(31)14-17-15-30(3)21-8-6-5-7-20(17)21/h5-13,15H,4,14H2,1-3H3,(H,28,31)(H2,25,26,27,29). The maximum atomic E-state index is 12.6. The van der Waals surface area contributed by atoms with E-state index in [1.165, 1.54) is 0 Å². The first-order valence-electron chi connectivity index (χ1n) is 10.3. The summed E-state index contributed by atoms with van der Waals surface area (Å²) in [5.74, 6) is 1.28. The van der Waals surface area contributed by atoms with E-state index >= 15 is 0 Å². The number of anilines is 4. The third-order valence-electron chi connectivity index (χ3n) is 4.96. The molecule has 2 aromatic carbocycles. The zero-order valence-electron chi connectivity index (χ0n) is 17.9. The highest BCUT2D eigenvalue weighted by atomic mass is 16.1. The number of para-hydroxylation sites is 1. The number of carbonyl (C=O) groups excluding carboxylic acids is 1. The molecule has 0 bridgehead atoms. The average Bonchev–Trinajstić information content (AvgIpc) is 3.05. The van der Waals surface area contributed by atoms with Crippen LogP contribution in [0.15, 0.2) is 60.8 Å². The number of benzene rings is 2. The van der Waals surface area contributed by atoms with Crippen LogP contribution in [0.4, 0.5) is 23.1 Å². The molecule has 0 radical (unpaired) electrons. The molecule has 0 aliphatic carbocycles. The van der Waals surface area contributed by atoms with Gasteiger partial charge in [0.1, 0.15) is 5.82 Å². The third-order valence-corrected chi connectivity index (χ3v) is 4.96. The molecule has 31 heavy (non-hydrogen) atoms. The number of rotatable bonds is 7. The van der Waals surface area contributed by atoms with Crippen molar-refractivity contribution in [3.05, 3.63) is 72.1 Å². The molecule has 0 spiro atoms. The summed E-state index contributed by atoms with van der Waals surface area (Å²) in [6.45, 7) is 4.70. The molecule has 0 saturated carbocycles. The number of carbonyl (C=O) groups is 1. The average molecular weight is 415 g/mol. The van der Waals surface area contributed by atoms with Gasteiger partial charge in [-0.2, -0.15) is 4.98 Å². The quantitative estimate of drug-likeness (QED) is 0.411. The Morgan fingerprint density at radius 2 is 1.77 bits per heavy atom. The molecule has 7 heteroatoms. The second-order valence-electron chi connectivity index (χ2n) is 7.46. The van der Waals surface area contributed by atoms with Crippen molar-refractivity contribution in [3.63, 3.8) is 0 Å². The van der Waals surface area contributed by atoms with Gasteiger partial charge >= 0.3 is 0 Å². The molecule has 0 atom stereocenters. The summed E-state index contributed by atoms with van der Waals surface area (Å²) in [4.78, 5) is 21.4. The number of amides is 1. The monoisotopic (exact) mass is 414 g/mol. The Hall–Kier alpha value is -3.87. The predicted octanol–water partition coefficient (Wildman–Crippen LogP) is 4.63. The molecule has 0 saturated heterocycles. The van der Waals surface area contributed by atoms with Crippen LogP contribution in [0.3, 0.4) is 0 Å². The van der Waals surface area contributed by atoms with Crippen molar-refractivity contribution in [1.82, 2.24) is 14.5 Å². The van der Waals surface area contributed by atoms with Crippen molar-refractivity contribution in [1.29, 1.82) is 0 Å². The topological polar surface area (TPSA) is 83.9 Å². The molecule has 0 aliphatic rings. The lowest BCUT2D eigenvalue weighted by Crippen LogP contribution is -2.14.